The molecule has 0 bridgehead atoms. The van der Waals surface area contributed by atoms with Crippen LogP contribution in [0.4, 0.5) is 0 Å². The Kier molecular flexibility index (Phi) is 2.90. The van der Waals surface area contributed by atoms with Gasteiger partial charge in [0.25, 0.3) is 0 Å². The van der Waals surface area contributed by atoms with Gasteiger partial charge in [0.1, 0.15) is 0 Å². The quantitative estimate of drug-likeness (QED) is 0.572. The molecule has 0 aliphatic carbocycles. The molecule has 1 saturated heterocycles. The summed E-state index contributed by atoms with van der Waals surface area (Å²) in [4.78, 5) is 2.52. The van der Waals surface area contributed by atoms with E-state index in [4.69, 9.17) is 4.74 Å². The van der Waals surface area contributed by atoms with Gasteiger partial charge in [0.15, 0.2) is 0 Å². The van der Waals surface area contributed by atoms with E-state index in [1.807, 2.05) is 0 Å². The van der Waals surface area contributed by atoms with Gasteiger partial charge in [-0.2, -0.15) is 0 Å². The number of morpholine rings is 1. The molecule has 11 heavy (non-hydrogen) atoms. The van der Waals surface area contributed by atoms with Gasteiger partial charge in [-0.15, -0.1) is 0 Å². The Labute approximate surface area is 69.5 Å². The smallest absolute Gasteiger partial charge is 0.0620 e. The molecular weight excluding hydrogens is 138 g/mol. The lowest BCUT2D eigenvalue weighted by atomic mass is 10.1. The number of ether oxygens (including phenoxy) is 1. The predicted octanol–water partition coefficient (Wildman–Crippen LogP) is 1.50. The fourth-order valence-electron chi connectivity index (χ4n) is 2.03. The standard InChI is InChI=1S/C9H19NO/c1-7(2)10-8(3)5-11-6-9(10)4/h7-9H,5-6H2,1-4H3. The van der Waals surface area contributed by atoms with Crippen molar-refractivity contribution in [2.75, 3.05) is 13.2 Å². The average Bonchev–Trinajstić information content (AvgIpc) is 1.85. The van der Waals surface area contributed by atoms with Gasteiger partial charge in [-0.1, -0.05) is 0 Å². The minimum atomic E-state index is 0.582. The number of hydrogen-bond acceptors (Lipinski definition) is 2. The fraction of sp³-hybridized carbons (Fsp3) is 1.00. The first-order valence-electron chi connectivity index (χ1n) is 4.48. The van der Waals surface area contributed by atoms with Crippen molar-refractivity contribution in [3.8, 4) is 0 Å². The molecule has 0 aromatic carbocycles. The third kappa shape index (κ3) is 1.94. The molecule has 1 aliphatic rings. The topological polar surface area (TPSA) is 12.5 Å². The number of hydrogen-bond donors (Lipinski definition) is 0. The van der Waals surface area contributed by atoms with Gasteiger partial charge in [-0.3, -0.25) is 4.90 Å². The minimum Gasteiger partial charge on any atom is -0.378 e. The van der Waals surface area contributed by atoms with Crippen molar-refractivity contribution >= 4 is 0 Å². The Hall–Kier alpha value is -0.0800. The Bertz CT molecular complexity index is 115. The molecule has 0 amide bonds. The first kappa shape index (κ1) is 9.01. The Morgan fingerprint density at radius 3 is 1.91 bits per heavy atom. The summed E-state index contributed by atoms with van der Waals surface area (Å²) in [5, 5.41) is 0. The highest BCUT2D eigenvalue weighted by molar-refractivity contribution is 4.79. The van der Waals surface area contributed by atoms with Crippen molar-refractivity contribution in [3.63, 3.8) is 0 Å². The monoisotopic (exact) mass is 157 g/mol. The van der Waals surface area contributed by atoms with Crippen LogP contribution in [0.15, 0.2) is 0 Å². The van der Waals surface area contributed by atoms with Crippen LogP contribution in [0.2, 0.25) is 0 Å². The van der Waals surface area contributed by atoms with Gasteiger partial charge in [-0.05, 0) is 27.7 Å². The molecule has 2 atom stereocenters. The van der Waals surface area contributed by atoms with E-state index >= 15 is 0 Å². The largest absolute Gasteiger partial charge is 0.378 e. The van der Waals surface area contributed by atoms with Crippen LogP contribution in [0.1, 0.15) is 27.7 Å². The van der Waals surface area contributed by atoms with Crippen molar-refractivity contribution in [1.82, 2.24) is 4.90 Å². The fourth-order valence-corrected chi connectivity index (χ4v) is 2.03. The van der Waals surface area contributed by atoms with Crippen LogP contribution in [0.25, 0.3) is 0 Å². The normalized spacial score (nSPS) is 34.6. The van der Waals surface area contributed by atoms with Gasteiger partial charge in [-0.25, -0.2) is 0 Å². The van der Waals surface area contributed by atoms with Crippen molar-refractivity contribution in [2.24, 2.45) is 0 Å². The van der Waals surface area contributed by atoms with E-state index in [9.17, 15) is 0 Å². The van der Waals surface area contributed by atoms with E-state index in [-0.39, 0.29) is 0 Å². The van der Waals surface area contributed by atoms with Crippen molar-refractivity contribution in [2.45, 2.75) is 45.8 Å². The summed E-state index contributed by atoms with van der Waals surface area (Å²) in [5.41, 5.74) is 0. The zero-order valence-electron chi connectivity index (χ0n) is 8.00. The molecule has 1 rings (SSSR count). The summed E-state index contributed by atoms with van der Waals surface area (Å²) in [6.07, 6.45) is 0. The molecule has 66 valence electrons. The van der Waals surface area contributed by atoms with Gasteiger partial charge < -0.3 is 4.74 Å². The predicted molar refractivity (Wildman–Crippen MR) is 46.7 cm³/mol. The summed E-state index contributed by atoms with van der Waals surface area (Å²) in [5.74, 6) is 0. The van der Waals surface area contributed by atoms with Crippen molar-refractivity contribution in [1.29, 1.82) is 0 Å². The molecule has 2 unspecified atom stereocenters. The average molecular weight is 157 g/mol. The number of nitrogens with zero attached hydrogens (tertiary/aromatic N) is 1. The number of rotatable bonds is 1. The molecule has 0 aromatic heterocycles. The summed E-state index contributed by atoms with van der Waals surface area (Å²) < 4.78 is 5.43. The highest BCUT2D eigenvalue weighted by atomic mass is 16.5. The molecule has 0 N–H and O–H groups in total. The van der Waals surface area contributed by atoms with E-state index < -0.39 is 0 Å². The molecule has 0 saturated carbocycles. The molecule has 2 nitrogen and oxygen atoms in total. The highest BCUT2D eigenvalue weighted by Crippen LogP contribution is 2.15. The van der Waals surface area contributed by atoms with Crippen LogP contribution in [0, 0.1) is 0 Å². The van der Waals surface area contributed by atoms with E-state index in [0.717, 1.165) is 13.2 Å². The van der Waals surface area contributed by atoms with Gasteiger partial charge in [0.05, 0.1) is 13.2 Å². The second kappa shape index (κ2) is 3.55. The zero-order chi connectivity index (χ0) is 8.43. The molecular formula is C9H19NO. The van der Waals surface area contributed by atoms with Gasteiger partial charge in [0.2, 0.25) is 0 Å². The van der Waals surface area contributed by atoms with Crippen LogP contribution < -0.4 is 0 Å². The lowest BCUT2D eigenvalue weighted by molar-refractivity contribution is -0.0513. The van der Waals surface area contributed by atoms with Crippen LogP contribution in [0.5, 0.6) is 0 Å². The van der Waals surface area contributed by atoms with E-state index in [2.05, 4.69) is 32.6 Å². The lowest BCUT2D eigenvalue weighted by Gasteiger charge is -2.41. The Morgan fingerprint density at radius 2 is 1.64 bits per heavy atom. The maximum absolute atomic E-state index is 5.43. The maximum Gasteiger partial charge on any atom is 0.0620 e. The first-order valence-corrected chi connectivity index (χ1v) is 4.48. The summed E-state index contributed by atoms with van der Waals surface area (Å²) in [6.45, 7) is 10.7. The van der Waals surface area contributed by atoms with Crippen molar-refractivity contribution < 1.29 is 4.74 Å². The molecule has 0 spiro atoms. The van der Waals surface area contributed by atoms with Gasteiger partial charge in [0, 0.05) is 18.1 Å². The first-order chi connectivity index (χ1) is 5.13. The van der Waals surface area contributed by atoms with E-state index in [1.165, 1.54) is 0 Å². The Balaban J connectivity index is 2.55. The summed E-state index contributed by atoms with van der Waals surface area (Å²) in [7, 11) is 0. The second-order valence-electron chi connectivity index (χ2n) is 3.78. The zero-order valence-corrected chi connectivity index (χ0v) is 8.00. The van der Waals surface area contributed by atoms with E-state index in [1.54, 1.807) is 0 Å². The highest BCUT2D eigenvalue weighted by Gasteiger charge is 2.26. The van der Waals surface area contributed by atoms with Crippen LogP contribution in [-0.4, -0.2) is 36.2 Å². The summed E-state index contributed by atoms with van der Waals surface area (Å²) in [6, 6.07) is 1.81. The SMILES string of the molecule is CC(C)N1C(C)COCC1C. The molecule has 1 heterocycles. The minimum absolute atomic E-state index is 0.582. The second-order valence-corrected chi connectivity index (χ2v) is 3.78. The summed E-state index contributed by atoms with van der Waals surface area (Å²) >= 11 is 0. The van der Waals surface area contributed by atoms with E-state index in [0.29, 0.717) is 18.1 Å². The molecule has 0 radical (unpaired) electrons. The lowest BCUT2D eigenvalue weighted by Crippen LogP contribution is -2.52. The molecule has 0 aromatic rings. The van der Waals surface area contributed by atoms with Gasteiger partial charge >= 0.3 is 0 Å². The third-order valence-electron chi connectivity index (χ3n) is 2.33. The molecule has 1 aliphatic heterocycles. The molecule has 1 fully saturated rings. The third-order valence-corrected chi connectivity index (χ3v) is 2.33. The Morgan fingerprint density at radius 1 is 1.18 bits per heavy atom. The maximum atomic E-state index is 5.43. The van der Waals surface area contributed by atoms with Crippen LogP contribution in [0.3, 0.4) is 0 Å². The van der Waals surface area contributed by atoms with Crippen LogP contribution in [-0.2, 0) is 4.74 Å². The molecule has 2 heteroatoms. The van der Waals surface area contributed by atoms with Crippen LogP contribution >= 0.6 is 0 Å². The van der Waals surface area contributed by atoms with Crippen molar-refractivity contribution in [3.05, 3.63) is 0 Å².